The molecule has 0 atom stereocenters. The molecule has 1 aliphatic rings. The molecule has 1 heterocycles. The lowest BCUT2D eigenvalue weighted by Gasteiger charge is -2.19. The Labute approximate surface area is 136 Å². The zero-order chi connectivity index (χ0) is 15.9. The number of fused-ring (bicyclic) bond motifs is 1. The molecule has 0 unspecified atom stereocenters. The van der Waals surface area contributed by atoms with Crippen molar-refractivity contribution in [3.63, 3.8) is 0 Å². The van der Waals surface area contributed by atoms with Crippen molar-refractivity contribution in [2.75, 3.05) is 4.90 Å². The summed E-state index contributed by atoms with van der Waals surface area (Å²) in [6.07, 6.45) is 0. The van der Waals surface area contributed by atoms with Gasteiger partial charge in [0.2, 0.25) is 0 Å². The van der Waals surface area contributed by atoms with Gasteiger partial charge in [-0.1, -0.05) is 46.4 Å². The monoisotopic (exact) mass is 358 g/mol. The highest BCUT2D eigenvalue weighted by molar-refractivity contribution is 9.10. The number of hydrogen-bond acceptors (Lipinski definition) is 2. The molecule has 0 aliphatic carbocycles. The third-order valence-corrected chi connectivity index (χ3v) is 4.06. The molecule has 1 aliphatic heterocycles. The first-order chi connectivity index (χ1) is 10.5. The van der Waals surface area contributed by atoms with Gasteiger partial charge in [-0.15, -0.1) is 0 Å². The Morgan fingerprint density at radius 2 is 2.00 bits per heavy atom. The lowest BCUT2D eigenvalue weighted by atomic mass is 9.71. The number of carbonyl (C=O) groups is 2. The summed E-state index contributed by atoms with van der Waals surface area (Å²) in [6, 6.07) is 9.52. The van der Waals surface area contributed by atoms with Gasteiger partial charge in [0, 0.05) is 10.2 Å². The molecule has 1 amide bonds. The van der Waals surface area contributed by atoms with Crippen LogP contribution >= 0.6 is 15.9 Å². The van der Waals surface area contributed by atoms with Crippen molar-refractivity contribution < 1.29 is 14.0 Å². The van der Waals surface area contributed by atoms with E-state index in [-0.39, 0.29) is 12.4 Å². The summed E-state index contributed by atoms with van der Waals surface area (Å²) >= 11 is 3.35. The van der Waals surface area contributed by atoms with Gasteiger partial charge in [0.25, 0.3) is 11.7 Å². The van der Waals surface area contributed by atoms with Crippen molar-refractivity contribution in [2.24, 2.45) is 0 Å². The van der Waals surface area contributed by atoms with Crippen molar-refractivity contribution in [3.8, 4) is 0 Å². The third kappa shape index (κ3) is 2.48. The summed E-state index contributed by atoms with van der Waals surface area (Å²) in [5, 5.41) is 0. The molecule has 1 radical (unpaired) electrons. The minimum Gasteiger partial charge on any atom is -0.301 e. The summed E-state index contributed by atoms with van der Waals surface area (Å²) in [7, 11) is 1.84. The van der Waals surface area contributed by atoms with E-state index in [1.807, 2.05) is 20.2 Å². The van der Waals surface area contributed by atoms with Crippen LogP contribution in [-0.2, 0) is 11.3 Å². The van der Waals surface area contributed by atoms with Gasteiger partial charge in [0.1, 0.15) is 5.82 Å². The number of ketones is 1. The molecule has 3 rings (SSSR count). The Hall–Kier alpha value is -1.95. The maximum absolute atomic E-state index is 13.3. The van der Waals surface area contributed by atoms with Gasteiger partial charge in [-0.25, -0.2) is 4.39 Å². The molecule has 22 heavy (non-hydrogen) atoms. The average molecular weight is 359 g/mol. The van der Waals surface area contributed by atoms with E-state index >= 15 is 0 Å². The Kier molecular flexibility index (Phi) is 3.87. The minimum absolute atomic E-state index is 0.164. The molecule has 0 fully saturated rings. The predicted octanol–water partition coefficient (Wildman–Crippen LogP) is 2.70. The van der Waals surface area contributed by atoms with Gasteiger partial charge < -0.3 is 4.90 Å². The molecular weight excluding hydrogens is 348 g/mol. The molecule has 0 aromatic heterocycles. The van der Waals surface area contributed by atoms with Crippen molar-refractivity contribution in [1.29, 1.82) is 0 Å². The standard InChI is InChI=1S/C16H11BBrFNO2/c1-17-13-7-10(18)6-12-14(13)20(16(22)15(12)21)8-9-3-2-4-11(19)5-9/h2-7H,8H2,1H3. The zero-order valence-electron chi connectivity index (χ0n) is 11.8. The third-order valence-electron chi connectivity index (χ3n) is 3.60. The van der Waals surface area contributed by atoms with Gasteiger partial charge in [-0.3, -0.25) is 9.59 Å². The van der Waals surface area contributed by atoms with E-state index in [9.17, 15) is 14.0 Å². The van der Waals surface area contributed by atoms with Crippen LogP contribution in [-0.4, -0.2) is 19.0 Å². The van der Waals surface area contributed by atoms with Gasteiger partial charge in [0.15, 0.2) is 7.28 Å². The number of nitrogens with zero attached hydrogens (tertiary/aromatic N) is 1. The van der Waals surface area contributed by atoms with E-state index < -0.39 is 11.7 Å². The van der Waals surface area contributed by atoms with Crippen molar-refractivity contribution in [3.05, 3.63) is 57.8 Å². The fraction of sp³-hybridized carbons (Fsp3) is 0.125. The molecule has 0 saturated carbocycles. The molecule has 3 nitrogen and oxygen atoms in total. The zero-order valence-corrected chi connectivity index (χ0v) is 13.4. The van der Waals surface area contributed by atoms with Crippen LogP contribution in [0.2, 0.25) is 6.82 Å². The molecular formula is C16H11BBrFNO2. The molecule has 0 saturated heterocycles. The number of Topliss-reactive ketones (excluding diaryl/α,β-unsaturated/α-hetero) is 1. The van der Waals surface area contributed by atoms with E-state index in [0.29, 0.717) is 16.8 Å². The van der Waals surface area contributed by atoms with Crippen LogP contribution in [0.15, 0.2) is 40.9 Å². The first-order valence-electron chi connectivity index (χ1n) is 6.75. The van der Waals surface area contributed by atoms with Crippen LogP contribution in [0, 0.1) is 5.82 Å². The van der Waals surface area contributed by atoms with Crippen molar-refractivity contribution >= 4 is 46.1 Å². The number of amides is 1. The van der Waals surface area contributed by atoms with E-state index in [1.54, 1.807) is 18.2 Å². The van der Waals surface area contributed by atoms with Crippen LogP contribution in [0.1, 0.15) is 15.9 Å². The second-order valence-corrected chi connectivity index (χ2v) is 5.95. The van der Waals surface area contributed by atoms with Crippen LogP contribution in [0.4, 0.5) is 10.1 Å². The number of halogens is 2. The average Bonchev–Trinajstić information content (AvgIpc) is 2.72. The lowest BCUT2D eigenvalue weighted by molar-refractivity contribution is -0.114. The number of hydrogen-bond donors (Lipinski definition) is 0. The number of anilines is 1. The van der Waals surface area contributed by atoms with E-state index in [1.165, 1.54) is 17.0 Å². The van der Waals surface area contributed by atoms with Crippen LogP contribution in [0.5, 0.6) is 0 Å². The first kappa shape index (κ1) is 15.0. The number of benzene rings is 2. The topological polar surface area (TPSA) is 37.4 Å². The Balaban J connectivity index is 2.08. The SMILES string of the molecule is C[B]c1cc(Br)cc2c1N(Cc1cccc(F)c1)C(=O)C2=O. The molecule has 0 bridgehead atoms. The van der Waals surface area contributed by atoms with Crippen molar-refractivity contribution in [1.82, 2.24) is 0 Å². The predicted molar refractivity (Wildman–Crippen MR) is 87.3 cm³/mol. The molecule has 109 valence electrons. The van der Waals surface area contributed by atoms with E-state index in [0.717, 1.165) is 9.94 Å². The second-order valence-electron chi connectivity index (χ2n) is 5.03. The fourth-order valence-corrected chi connectivity index (χ4v) is 3.10. The maximum Gasteiger partial charge on any atom is 0.299 e. The first-order valence-corrected chi connectivity index (χ1v) is 7.54. The fourth-order valence-electron chi connectivity index (χ4n) is 2.62. The van der Waals surface area contributed by atoms with Crippen LogP contribution in [0.25, 0.3) is 0 Å². The number of rotatable bonds is 3. The molecule has 2 aromatic carbocycles. The highest BCUT2D eigenvalue weighted by Gasteiger charge is 2.37. The Morgan fingerprint density at radius 1 is 1.23 bits per heavy atom. The molecule has 0 spiro atoms. The molecule has 0 N–H and O–H groups in total. The summed E-state index contributed by atoms with van der Waals surface area (Å²) < 4.78 is 14.1. The van der Waals surface area contributed by atoms with Gasteiger partial charge in [-0.05, 0) is 23.8 Å². The van der Waals surface area contributed by atoms with Crippen LogP contribution < -0.4 is 10.4 Å². The number of carbonyl (C=O) groups excluding carboxylic acids is 2. The van der Waals surface area contributed by atoms with E-state index in [2.05, 4.69) is 15.9 Å². The smallest absolute Gasteiger partial charge is 0.299 e. The quantitative estimate of drug-likeness (QED) is 0.625. The molecule has 6 heteroatoms. The van der Waals surface area contributed by atoms with Crippen molar-refractivity contribution in [2.45, 2.75) is 13.4 Å². The summed E-state index contributed by atoms with van der Waals surface area (Å²) in [5.74, 6) is -1.48. The summed E-state index contributed by atoms with van der Waals surface area (Å²) in [4.78, 5) is 25.9. The maximum atomic E-state index is 13.3. The minimum atomic E-state index is -0.583. The highest BCUT2D eigenvalue weighted by Crippen LogP contribution is 2.31. The van der Waals surface area contributed by atoms with Gasteiger partial charge >= 0.3 is 0 Å². The van der Waals surface area contributed by atoms with Gasteiger partial charge in [0.05, 0.1) is 12.1 Å². The Morgan fingerprint density at radius 3 is 2.68 bits per heavy atom. The highest BCUT2D eigenvalue weighted by atomic mass is 79.9. The normalized spacial score (nSPS) is 13.5. The van der Waals surface area contributed by atoms with Gasteiger partial charge in [-0.2, -0.15) is 0 Å². The second kappa shape index (κ2) is 5.68. The lowest BCUT2D eigenvalue weighted by Crippen LogP contribution is -2.32. The summed E-state index contributed by atoms with van der Waals surface area (Å²) in [6.45, 7) is 2.01. The van der Waals surface area contributed by atoms with Crippen LogP contribution in [0.3, 0.4) is 0 Å². The Bertz CT molecular complexity index is 794. The summed E-state index contributed by atoms with van der Waals surface area (Å²) in [5.41, 5.74) is 2.40. The van der Waals surface area contributed by atoms with E-state index in [4.69, 9.17) is 0 Å². The largest absolute Gasteiger partial charge is 0.301 e. The molecule has 2 aromatic rings.